The van der Waals surface area contributed by atoms with Crippen LogP contribution in [0.4, 0.5) is 0 Å². The number of ether oxygens (including phenoxy) is 2. The molecule has 0 aromatic rings. The summed E-state index contributed by atoms with van der Waals surface area (Å²) in [6.07, 6.45) is 3.52. The Hall–Kier alpha value is -0.380. The Morgan fingerprint density at radius 1 is 1.47 bits per heavy atom. The molecule has 3 heteroatoms. The molecule has 0 radical (unpaired) electrons. The fraction of sp³-hybridized carbons (Fsp3) is 0.833. The molecule has 0 bridgehead atoms. The third kappa shape index (κ3) is 6.66. The Kier molecular flexibility index (Phi) is 6.64. The lowest BCUT2D eigenvalue weighted by Crippen LogP contribution is -2.32. The summed E-state index contributed by atoms with van der Waals surface area (Å²) in [5.41, 5.74) is 1.08. The highest BCUT2D eigenvalue weighted by atomic mass is 16.5. The quantitative estimate of drug-likeness (QED) is 0.538. The van der Waals surface area contributed by atoms with E-state index in [0.717, 1.165) is 38.4 Å². The molecule has 0 aromatic carbocycles. The molecule has 1 aliphatic heterocycles. The molecule has 88 valence electrons. The molecule has 1 heterocycles. The van der Waals surface area contributed by atoms with Crippen LogP contribution in [0.25, 0.3) is 0 Å². The summed E-state index contributed by atoms with van der Waals surface area (Å²) in [6, 6.07) is 0.612. The van der Waals surface area contributed by atoms with Crippen LogP contribution in [0.15, 0.2) is 12.2 Å². The molecule has 1 aliphatic rings. The van der Waals surface area contributed by atoms with E-state index in [1.807, 2.05) is 6.92 Å². The average molecular weight is 213 g/mol. The summed E-state index contributed by atoms with van der Waals surface area (Å²) in [6.45, 7) is 9.96. The average Bonchev–Trinajstić information content (AvgIpc) is 2.45. The second-order valence-electron chi connectivity index (χ2n) is 4.20. The summed E-state index contributed by atoms with van der Waals surface area (Å²) in [4.78, 5) is 0. The highest BCUT2D eigenvalue weighted by Crippen LogP contribution is 2.07. The van der Waals surface area contributed by atoms with E-state index in [4.69, 9.17) is 9.47 Å². The van der Waals surface area contributed by atoms with Crippen LogP contribution in [-0.4, -0.2) is 39.0 Å². The molecule has 0 amide bonds. The van der Waals surface area contributed by atoms with Gasteiger partial charge >= 0.3 is 0 Å². The SMILES string of the molecule is C=C(C)COCCNC1CCCOCC1. The zero-order chi connectivity index (χ0) is 10.9. The molecular weight excluding hydrogens is 190 g/mol. The zero-order valence-electron chi connectivity index (χ0n) is 9.76. The van der Waals surface area contributed by atoms with Crippen LogP contribution >= 0.6 is 0 Å². The topological polar surface area (TPSA) is 30.5 Å². The van der Waals surface area contributed by atoms with Crippen molar-refractivity contribution >= 4 is 0 Å². The Balaban J connectivity index is 1.96. The minimum atomic E-state index is 0.612. The van der Waals surface area contributed by atoms with E-state index in [1.54, 1.807) is 0 Å². The Labute approximate surface area is 92.8 Å². The van der Waals surface area contributed by atoms with Gasteiger partial charge in [0.05, 0.1) is 13.2 Å². The van der Waals surface area contributed by atoms with E-state index in [-0.39, 0.29) is 0 Å². The molecule has 1 fully saturated rings. The highest BCUT2D eigenvalue weighted by molar-refractivity contribution is 4.87. The van der Waals surface area contributed by atoms with E-state index in [9.17, 15) is 0 Å². The van der Waals surface area contributed by atoms with Gasteiger partial charge in [-0.2, -0.15) is 0 Å². The third-order valence-corrected chi connectivity index (χ3v) is 2.48. The lowest BCUT2D eigenvalue weighted by Gasteiger charge is -2.15. The smallest absolute Gasteiger partial charge is 0.0672 e. The highest BCUT2D eigenvalue weighted by Gasteiger charge is 2.10. The Morgan fingerprint density at radius 2 is 2.33 bits per heavy atom. The monoisotopic (exact) mass is 213 g/mol. The number of rotatable bonds is 6. The fourth-order valence-electron chi connectivity index (χ4n) is 1.69. The number of hydrogen-bond donors (Lipinski definition) is 1. The van der Waals surface area contributed by atoms with Gasteiger partial charge < -0.3 is 14.8 Å². The van der Waals surface area contributed by atoms with Crippen LogP contribution < -0.4 is 5.32 Å². The molecule has 0 aromatic heterocycles. The van der Waals surface area contributed by atoms with Gasteiger partial charge in [0, 0.05) is 25.8 Å². The van der Waals surface area contributed by atoms with Gasteiger partial charge in [0.25, 0.3) is 0 Å². The first kappa shape index (κ1) is 12.7. The standard InChI is InChI=1S/C12H23NO2/c1-11(2)10-15-9-6-13-12-4-3-7-14-8-5-12/h12-13H,1,3-10H2,2H3. The van der Waals surface area contributed by atoms with Gasteiger partial charge in [-0.25, -0.2) is 0 Å². The van der Waals surface area contributed by atoms with Crippen LogP contribution in [0.2, 0.25) is 0 Å². The molecule has 1 saturated heterocycles. The van der Waals surface area contributed by atoms with Gasteiger partial charge in [-0.3, -0.25) is 0 Å². The van der Waals surface area contributed by atoms with Crippen molar-refractivity contribution in [3.63, 3.8) is 0 Å². The first-order chi connectivity index (χ1) is 7.29. The first-order valence-electron chi connectivity index (χ1n) is 5.82. The lowest BCUT2D eigenvalue weighted by atomic mass is 10.1. The van der Waals surface area contributed by atoms with Gasteiger partial charge in [-0.05, 0) is 26.2 Å². The normalized spacial score (nSPS) is 22.3. The molecule has 0 aliphatic carbocycles. The van der Waals surface area contributed by atoms with Crippen molar-refractivity contribution in [2.24, 2.45) is 0 Å². The minimum absolute atomic E-state index is 0.612. The van der Waals surface area contributed by atoms with E-state index in [2.05, 4.69) is 11.9 Å². The van der Waals surface area contributed by atoms with Crippen molar-refractivity contribution in [1.29, 1.82) is 0 Å². The number of nitrogens with one attached hydrogen (secondary N) is 1. The van der Waals surface area contributed by atoms with Crippen molar-refractivity contribution < 1.29 is 9.47 Å². The van der Waals surface area contributed by atoms with E-state index in [1.165, 1.54) is 12.8 Å². The van der Waals surface area contributed by atoms with Gasteiger partial charge in [-0.1, -0.05) is 12.2 Å². The molecular formula is C12H23NO2. The summed E-state index contributed by atoms with van der Waals surface area (Å²) in [5.74, 6) is 0. The maximum atomic E-state index is 5.42. The first-order valence-corrected chi connectivity index (χ1v) is 5.82. The van der Waals surface area contributed by atoms with Crippen LogP contribution in [0.3, 0.4) is 0 Å². The van der Waals surface area contributed by atoms with Crippen LogP contribution in [0, 0.1) is 0 Å². The molecule has 1 unspecified atom stereocenters. The molecule has 3 nitrogen and oxygen atoms in total. The van der Waals surface area contributed by atoms with Crippen molar-refractivity contribution in [2.45, 2.75) is 32.2 Å². The van der Waals surface area contributed by atoms with Crippen molar-refractivity contribution in [2.75, 3.05) is 33.0 Å². The summed E-state index contributed by atoms with van der Waals surface area (Å²) in [7, 11) is 0. The molecule has 1 atom stereocenters. The van der Waals surface area contributed by atoms with Crippen LogP contribution in [0.1, 0.15) is 26.2 Å². The van der Waals surface area contributed by atoms with Gasteiger partial charge in [0.2, 0.25) is 0 Å². The molecule has 15 heavy (non-hydrogen) atoms. The van der Waals surface area contributed by atoms with Crippen molar-refractivity contribution in [3.8, 4) is 0 Å². The number of hydrogen-bond acceptors (Lipinski definition) is 3. The largest absolute Gasteiger partial charge is 0.381 e. The van der Waals surface area contributed by atoms with Gasteiger partial charge in [-0.15, -0.1) is 0 Å². The van der Waals surface area contributed by atoms with Crippen LogP contribution in [-0.2, 0) is 9.47 Å². The van der Waals surface area contributed by atoms with Crippen molar-refractivity contribution in [3.05, 3.63) is 12.2 Å². The summed E-state index contributed by atoms with van der Waals surface area (Å²) >= 11 is 0. The van der Waals surface area contributed by atoms with E-state index < -0.39 is 0 Å². The molecule has 0 spiro atoms. The Bertz CT molecular complexity index is 174. The molecule has 0 saturated carbocycles. The predicted molar refractivity (Wildman–Crippen MR) is 62.1 cm³/mol. The Morgan fingerprint density at radius 3 is 3.13 bits per heavy atom. The van der Waals surface area contributed by atoms with Crippen LogP contribution in [0.5, 0.6) is 0 Å². The maximum absolute atomic E-state index is 5.42. The summed E-state index contributed by atoms with van der Waals surface area (Å²) < 4.78 is 10.8. The summed E-state index contributed by atoms with van der Waals surface area (Å²) in [5, 5.41) is 3.50. The van der Waals surface area contributed by atoms with E-state index >= 15 is 0 Å². The minimum Gasteiger partial charge on any atom is -0.381 e. The van der Waals surface area contributed by atoms with Gasteiger partial charge in [0.15, 0.2) is 0 Å². The van der Waals surface area contributed by atoms with E-state index in [0.29, 0.717) is 12.6 Å². The third-order valence-electron chi connectivity index (χ3n) is 2.48. The van der Waals surface area contributed by atoms with Crippen molar-refractivity contribution in [1.82, 2.24) is 5.32 Å². The molecule has 1 rings (SSSR count). The zero-order valence-corrected chi connectivity index (χ0v) is 9.76. The predicted octanol–water partition coefficient (Wildman–Crippen LogP) is 1.74. The maximum Gasteiger partial charge on any atom is 0.0672 e. The second-order valence-corrected chi connectivity index (χ2v) is 4.20. The molecule has 1 N–H and O–H groups in total. The lowest BCUT2D eigenvalue weighted by molar-refractivity contribution is 0.139. The second kappa shape index (κ2) is 7.85. The fourth-order valence-corrected chi connectivity index (χ4v) is 1.69. The van der Waals surface area contributed by atoms with Gasteiger partial charge in [0.1, 0.15) is 0 Å².